The van der Waals surface area contributed by atoms with Crippen molar-refractivity contribution < 1.29 is 24.2 Å². The Balaban J connectivity index is 1.71. The van der Waals surface area contributed by atoms with Gasteiger partial charge in [0, 0.05) is 11.6 Å². The van der Waals surface area contributed by atoms with Crippen LogP contribution in [0.2, 0.25) is 0 Å². The van der Waals surface area contributed by atoms with Crippen molar-refractivity contribution in [2.75, 3.05) is 6.79 Å². The van der Waals surface area contributed by atoms with Crippen LogP contribution in [-0.4, -0.2) is 29.8 Å². The number of carboxylic acid groups (broad SMARTS) is 1. The molecule has 6 heteroatoms. The van der Waals surface area contributed by atoms with E-state index >= 15 is 0 Å². The second-order valence-corrected chi connectivity index (χ2v) is 5.02. The number of aliphatic carboxylic acids is 1. The lowest BCUT2D eigenvalue weighted by molar-refractivity contribution is -0.142. The van der Waals surface area contributed by atoms with E-state index < -0.39 is 11.9 Å². The number of carboxylic acids is 1. The van der Waals surface area contributed by atoms with Crippen LogP contribution in [0.4, 0.5) is 0 Å². The van der Waals surface area contributed by atoms with Gasteiger partial charge >= 0.3 is 5.97 Å². The molecule has 1 saturated carbocycles. The highest BCUT2D eigenvalue weighted by molar-refractivity contribution is 5.95. The Morgan fingerprint density at radius 3 is 2.80 bits per heavy atom. The van der Waals surface area contributed by atoms with Crippen LogP contribution in [-0.2, 0) is 4.79 Å². The van der Waals surface area contributed by atoms with E-state index in [1.807, 2.05) is 0 Å². The first kappa shape index (κ1) is 12.8. The predicted octanol–water partition coefficient (Wildman–Crippen LogP) is 1.40. The lowest BCUT2D eigenvalue weighted by Crippen LogP contribution is -2.40. The molecular weight excluding hydrogens is 262 g/mol. The van der Waals surface area contributed by atoms with Crippen molar-refractivity contribution in [3.8, 4) is 11.5 Å². The summed E-state index contributed by atoms with van der Waals surface area (Å²) in [5.74, 6) is -0.461. The summed E-state index contributed by atoms with van der Waals surface area (Å²) in [5.41, 5.74) is 0.449. The fourth-order valence-electron chi connectivity index (χ4n) is 2.72. The number of hydrogen-bond acceptors (Lipinski definition) is 4. The fraction of sp³-hybridized carbons (Fsp3) is 0.429. The highest BCUT2D eigenvalue weighted by Crippen LogP contribution is 2.33. The summed E-state index contributed by atoms with van der Waals surface area (Å²) in [7, 11) is 0. The number of carbonyl (C=O) groups is 2. The van der Waals surface area contributed by atoms with Gasteiger partial charge in [-0.2, -0.15) is 0 Å². The van der Waals surface area contributed by atoms with Crippen LogP contribution in [0.3, 0.4) is 0 Å². The molecule has 0 spiro atoms. The minimum atomic E-state index is -0.849. The number of benzene rings is 1. The number of nitrogens with one attached hydrogen (secondary N) is 1. The standard InChI is InChI=1S/C14H15NO5/c16-13(15-10-3-1-2-9(10)14(17)18)8-4-5-11-12(6-8)20-7-19-11/h4-6,9-10H,1-3,7H2,(H,15,16)(H,17,18)/t9-,10+/m1/s1. The molecule has 1 aromatic rings. The normalized spacial score (nSPS) is 23.6. The maximum Gasteiger partial charge on any atom is 0.308 e. The molecule has 1 aliphatic heterocycles. The van der Waals surface area contributed by atoms with Gasteiger partial charge in [-0.1, -0.05) is 6.42 Å². The van der Waals surface area contributed by atoms with Gasteiger partial charge < -0.3 is 19.9 Å². The molecule has 20 heavy (non-hydrogen) atoms. The minimum Gasteiger partial charge on any atom is -0.481 e. The van der Waals surface area contributed by atoms with E-state index in [4.69, 9.17) is 14.6 Å². The average Bonchev–Trinajstić information content (AvgIpc) is 3.05. The van der Waals surface area contributed by atoms with Crippen molar-refractivity contribution in [1.29, 1.82) is 0 Å². The minimum absolute atomic E-state index is 0.157. The molecule has 1 aromatic carbocycles. The van der Waals surface area contributed by atoms with Gasteiger partial charge in [0.2, 0.25) is 6.79 Å². The van der Waals surface area contributed by atoms with Gasteiger partial charge in [0.1, 0.15) is 0 Å². The Morgan fingerprint density at radius 2 is 2.00 bits per heavy atom. The summed E-state index contributed by atoms with van der Waals surface area (Å²) in [4.78, 5) is 23.3. The number of ether oxygens (including phenoxy) is 2. The van der Waals surface area contributed by atoms with E-state index in [2.05, 4.69) is 5.32 Å². The van der Waals surface area contributed by atoms with Crippen LogP contribution in [0.15, 0.2) is 18.2 Å². The molecule has 106 valence electrons. The fourth-order valence-corrected chi connectivity index (χ4v) is 2.72. The molecule has 1 fully saturated rings. The summed E-state index contributed by atoms with van der Waals surface area (Å²) in [6, 6.07) is 4.64. The lowest BCUT2D eigenvalue weighted by atomic mass is 10.0. The molecule has 0 bridgehead atoms. The van der Waals surface area contributed by atoms with E-state index in [9.17, 15) is 9.59 Å². The summed E-state index contributed by atoms with van der Waals surface area (Å²) < 4.78 is 10.4. The van der Waals surface area contributed by atoms with Gasteiger partial charge in [0.25, 0.3) is 5.91 Å². The molecule has 1 amide bonds. The zero-order chi connectivity index (χ0) is 14.1. The van der Waals surface area contributed by atoms with Crippen LogP contribution in [0, 0.1) is 5.92 Å². The van der Waals surface area contributed by atoms with Crippen LogP contribution in [0.5, 0.6) is 11.5 Å². The Kier molecular flexibility index (Phi) is 3.22. The second-order valence-electron chi connectivity index (χ2n) is 5.02. The van der Waals surface area contributed by atoms with E-state index in [0.717, 1.165) is 6.42 Å². The van der Waals surface area contributed by atoms with Crippen LogP contribution in [0.1, 0.15) is 29.6 Å². The average molecular weight is 277 g/mol. The van der Waals surface area contributed by atoms with Crippen molar-refractivity contribution in [2.45, 2.75) is 25.3 Å². The van der Waals surface area contributed by atoms with E-state index in [0.29, 0.717) is 29.9 Å². The predicted molar refractivity (Wildman–Crippen MR) is 68.8 cm³/mol. The Morgan fingerprint density at radius 1 is 1.20 bits per heavy atom. The lowest BCUT2D eigenvalue weighted by Gasteiger charge is -2.17. The molecular formula is C14H15NO5. The molecule has 0 aromatic heterocycles. The summed E-state index contributed by atoms with van der Waals surface area (Å²) in [5, 5.41) is 11.9. The third-order valence-electron chi connectivity index (χ3n) is 3.78. The molecule has 3 rings (SSSR count). The molecule has 2 N–H and O–H groups in total. The third-order valence-corrected chi connectivity index (χ3v) is 3.78. The van der Waals surface area contributed by atoms with Gasteiger partial charge in [-0.05, 0) is 31.0 Å². The van der Waals surface area contributed by atoms with Gasteiger partial charge in [0.05, 0.1) is 5.92 Å². The second kappa shape index (κ2) is 5.03. The van der Waals surface area contributed by atoms with E-state index in [1.54, 1.807) is 18.2 Å². The SMILES string of the molecule is O=C(N[C@H]1CCC[C@H]1C(=O)O)c1ccc2c(c1)OCO2. The Labute approximate surface area is 115 Å². The first-order valence-corrected chi connectivity index (χ1v) is 6.58. The molecule has 0 radical (unpaired) electrons. The molecule has 6 nitrogen and oxygen atoms in total. The Hall–Kier alpha value is -2.24. The number of amides is 1. The molecule has 0 unspecified atom stereocenters. The topological polar surface area (TPSA) is 84.9 Å². The van der Waals surface area contributed by atoms with Crippen LogP contribution in [0.25, 0.3) is 0 Å². The van der Waals surface area contributed by atoms with Gasteiger partial charge in [0.15, 0.2) is 11.5 Å². The zero-order valence-electron chi connectivity index (χ0n) is 10.8. The third kappa shape index (κ3) is 2.29. The van der Waals surface area contributed by atoms with Crippen molar-refractivity contribution in [3.63, 3.8) is 0 Å². The van der Waals surface area contributed by atoms with Gasteiger partial charge in [-0.3, -0.25) is 9.59 Å². The number of rotatable bonds is 3. The maximum atomic E-state index is 12.2. The molecule has 1 heterocycles. The summed E-state index contributed by atoms with van der Waals surface area (Å²) >= 11 is 0. The van der Waals surface area contributed by atoms with E-state index in [-0.39, 0.29) is 18.7 Å². The first-order chi connectivity index (χ1) is 9.65. The summed E-state index contributed by atoms with van der Waals surface area (Å²) in [6.45, 7) is 0.157. The highest BCUT2D eigenvalue weighted by Gasteiger charge is 2.34. The largest absolute Gasteiger partial charge is 0.481 e. The van der Waals surface area contributed by atoms with Gasteiger partial charge in [-0.25, -0.2) is 0 Å². The zero-order valence-corrected chi connectivity index (χ0v) is 10.8. The first-order valence-electron chi connectivity index (χ1n) is 6.58. The Bertz CT molecular complexity index is 556. The molecule has 2 aliphatic rings. The number of carbonyl (C=O) groups excluding carboxylic acids is 1. The monoisotopic (exact) mass is 277 g/mol. The van der Waals surface area contributed by atoms with Gasteiger partial charge in [-0.15, -0.1) is 0 Å². The van der Waals surface area contributed by atoms with Crippen LogP contribution >= 0.6 is 0 Å². The molecule has 1 aliphatic carbocycles. The molecule has 2 atom stereocenters. The van der Waals surface area contributed by atoms with Crippen molar-refractivity contribution in [3.05, 3.63) is 23.8 Å². The quantitative estimate of drug-likeness (QED) is 0.872. The number of hydrogen-bond donors (Lipinski definition) is 2. The van der Waals surface area contributed by atoms with Crippen molar-refractivity contribution in [1.82, 2.24) is 5.32 Å². The highest BCUT2D eigenvalue weighted by atomic mass is 16.7. The van der Waals surface area contributed by atoms with Crippen molar-refractivity contribution in [2.24, 2.45) is 5.92 Å². The van der Waals surface area contributed by atoms with Crippen molar-refractivity contribution >= 4 is 11.9 Å². The molecule has 0 saturated heterocycles. The van der Waals surface area contributed by atoms with E-state index in [1.165, 1.54) is 0 Å². The smallest absolute Gasteiger partial charge is 0.308 e. The number of fused-ring (bicyclic) bond motifs is 1. The van der Waals surface area contributed by atoms with Crippen LogP contribution < -0.4 is 14.8 Å². The maximum absolute atomic E-state index is 12.2. The summed E-state index contributed by atoms with van der Waals surface area (Å²) in [6.07, 6.45) is 2.14.